The maximum atomic E-state index is 12.0. The van der Waals surface area contributed by atoms with Gasteiger partial charge in [-0.2, -0.15) is 5.26 Å². The lowest BCUT2D eigenvalue weighted by atomic mass is 10.1. The van der Waals surface area contributed by atoms with E-state index in [0.29, 0.717) is 11.3 Å². The summed E-state index contributed by atoms with van der Waals surface area (Å²) in [5.41, 5.74) is 7.05. The van der Waals surface area contributed by atoms with Gasteiger partial charge in [0.15, 0.2) is 0 Å². The van der Waals surface area contributed by atoms with Crippen molar-refractivity contribution in [2.45, 2.75) is 25.3 Å². The molecule has 1 aliphatic carbocycles. The Kier molecular flexibility index (Phi) is 4.00. The highest BCUT2D eigenvalue weighted by Crippen LogP contribution is 2.28. The summed E-state index contributed by atoms with van der Waals surface area (Å²) in [6.07, 6.45) is 2.51. The molecule has 3 N–H and O–H groups in total. The number of anilines is 1. The fourth-order valence-corrected chi connectivity index (χ4v) is 2.65. The van der Waals surface area contributed by atoms with E-state index in [-0.39, 0.29) is 17.9 Å². The van der Waals surface area contributed by atoms with Crippen molar-refractivity contribution in [1.82, 2.24) is 0 Å². The summed E-state index contributed by atoms with van der Waals surface area (Å²) < 4.78 is 0.720. The zero-order valence-corrected chi connectivity index (χ0v) is 11.4. The van der Waals surface area contributed by atoms with Crippen molar-refractivity contribution in [3.05, 3.63) is 28.2 Å². The van der Waals surface area contributed by atoms with E-state index in [9.17, 15) is 4.79 Å². The number of nitriles is 1. The first-order valence-corrected chi connectivity index (χ1v) is 6.65. The second-order valence-electron chi connectivity index (χ2n) is 4.57. The number of rotatable bonds is 2. The van der Waals surface area contributed by atoms with Crippen LogP contribution in [0.1, 0.15) is 24.8 Å². The maximum Gasteiger partial charge on any atom is 0.227 e. The Morgan fingerprint density at radius 2 is 2.28 bits per heavy atom. The standard InChI is InChI=1S/C13H14BrN3O/c14-11-5-8(7-15)1-4-12(11)17-13(18)9-2-3-10(16)6-9/h1,4-5,9-10H,2-3,6,16H2,(H,17,18). The van der Waals surface area contributed by atoms with Crippen LogP contribution in [0.4, 0.5) is 5.69 Å². The number of amides is 1. The molecule has 1 saturated carbocycles. The van der Waals surface area contributed by atoms with E-state index in [4.69, 9.17) is 11.0 Å². The summed E-state index contributed by atoms with van der Waals surface area (Å²) in [6.45, 7) is 0. The number of nitrogens with zero attached hydrogens (tertiary/aromatic N) is 1. The minimum atomic E-state index is 0.00235. The largest absolute Gasteiger partial charge is 0.328 e. The van der Waals surface area contributed by atoms with Gasteiger partial charge in [-0.1, -0.05) is 0 Å². The third-order valence-corrected chi connectivity index (χ3v) is 3.86. The van der Waals surface area contributed by atoms with Crippen molar-refractivity contribution in [1.29, 1.82) is 5.26 Å². The van der Waals surface area contributed by atoms with Crippen LogP contribution in [0.15, 0.2) is 22.7 Å². The molecular formula is C13H14BrN3O. The number of carbonyl (C=O) groups excluding carboxylic acids is 1. The van der Waals surface area contributed by atoms with E-state index >= 15 is 0 Å². The van der Waals surface area contributed by atoms with Gasteiger partial charge in [-0.25, -0.2) is 0 Å². The smallest absolute Gasteiger partial charge is 0.227 e. The molecule has 94 valence electrons. The van der Waals surface area contributed by atoms with Gasteiger partial charge in [0.05, 0.1) is 17.3 Å². The molecule has 0 radical (unpaired) electrons. The molecule has 0 saturated heterocycles. The van der Waals surface area contributed by atoms with E-state index in [2.05, 4.69) is 21.2 Å². The molecule has 1 aromatic carbocycles. The SMILES string of the molecule is N#Cc1ccc(NC(=O)C2CCC(N)C2)c(Br)c1. The van der Waals surface area contributed by atoms with E-state index in [1.54, 1.807) is 18.2 Å². The first-order chi connectivity index (χ1) is 8.60. The number of hydrogen-bond acceptors (Lipinski definition) is 3. The molecule has 1 amide bonds. The molecule has 2 atom stereocenters. The molecule has 2 unspecified atom stereocenters. The van der Waals surface area contributed by atoms with Gasteiger partial charge >= 0.3 is 0 Å². The molecule has 0 heterocycles. The molecule has 0 aliphatic heterocycles. The van der Waals surface area contributed by atoms with E-state index in [1.807, 2.05) is 6.07 Å². The van der Waals surface area contributed by atoms with Gasteiger partial charge < -0.3 is 11.1 Å². The van der Waals surface area contributed by atoms with Crippen LogP contribution in [0.2, 0.25) is 0 Å². The molecular weight excluding hydrogens is 294 g/mol. The van der Waals surface area contributed by atoms with Crippen molar-refractivity contribution < 1.29 is 4.79 Å². The molecule has 1 fully saturated rings. The van der Waals surface area contributed by atoms with Gasteiger partial charge in [-0.15, -0.1) is 0 Å². The summed E-state index contributed by atoms with van der Waals surface area (Å²) >= 11 is 3.35. The van der Waals surface area contributed by atoms with Crippen molar-refractivity contribution in [3.63, 3.8) is 0 Å². The lowest BCUT2D eigenvalue weighted by Gasteiger charge is -2.12. The third kappa shape index (κ3) is 2.89. The van der Waals surface area contributed by atoms with Crippen LogP contribution >= 0.6 is 15.9 Å². The minimum absolute atomic E-state index is 0.00235. The molecule has 1 aromatic rings. The number of hydrogen-bond donors (Lipinski definition) is 2. The van der Waals surface area contributed by atoms with Crippen LogP contribution < -0.4 is 11.1 Å². The monoisotopic (exact) mass is 307 g/mol. The Labute approximate surface area is 114 Å². The normalized spacial score (nSPS) is 22.5. The summed E-state index contributed by atoms with van der Waals surface area (Å²) in [7, 11) is 0. The summed E-state index contributed by atoms with van der Waals surface area (Å²) in [4.78, 5) is 12.0. The summed E-state index contributed by atoms with van der Waals surface area (Å²) in [6, 6.07) is 7.30. The van der Waals surface area contributed by atoms with Crippen LogP contribution in [-0.2, 0) is 4.79 Å². The number of carbonyl (C=O) groups is 1. The molecule has 0 bridgehead atoms. The van der Waals surface area contributed by atoms with Crippen molar-refractivity contribution in [3.8, 4) is 6.07 Å². The van der Waals surface area contributed by atoms with Crippen LogP contribution in [-0.4, -0.2) is 11.9 Å². The zero-order valence-electron chi connectivity index (χ0n) is 9.82. The molecule has 18 heavy (non-hydrogen) atoms. The van der Waals surface area contributed by atoms with Gasteiger partial charge in [0, 0.05) is 16.4 Å². The van der Waals surface area contributed by atoms with Crippen LogP contribution in [0, 0.1) is 17.2 Å². The third-order valence-electron chi connectivity index (χ3n) is 3.20. The minimum Gasteiger partial charge on any atom is -0.328 e. The molecule has 5 heteroatoms. The number of benzene rings is 1. The Bertz CT molecular complexity index is 509. The van der Waals surface area contributed by atoms with Crippen molar-refractivity contribution >= 4 is 27.5 Å². The first-order valence-electron chi connectivity index (χ1n) is 5.86. The van der Waals surface area contributed by atoms with E-state index < -0.39 is 0 Å². The van der Waals surface area contributed by atoms with Crippen LogP contribution in [0.3, 0.4) is 0 Å². The topological polar surface area (TPSA) is 78.9 Å². The van der Waals surface area contributed by atoms with Gasteiger partial charge in [-0.05, 0) is 53.4 Å². The molecule has 4 nitrogen and oxygen atoms in total. The predicted octanol–water partition coefficient (Wildman–Crippen LogP) is 2.39. The molecule has 0 aromatic heterocycles. The maximum absolute atomic E-state index is 12.0. The Hall–Kier alpha value is -1.38. The summed E-state index contributed by atoms with van der Waals surface area (Å²) in [5, 5.41) is 11.6. The highest BCUT2D eigenvalue weighted by atomic mass is 79.9. The predicted molar refractivity (Wildman–Crippen MR) is 72.8 cm³/mol. The number of nitrogens with one attached hydrogen (secondary N) is 1. The van der Waals surface area contributed by atoms with Crippen LogP contribution in [0.25, 0.3) is 0 Å². The van der Waals surface area contributed by atoms with Crippen molar-refractivity contribution in [2.75, 3.05) is 5.32 Å². The fourth-order valence-electron chi connectivity index (χ4n) is 2.18. The number of halogens is 1. The fraction of sp³-hybridized carbons (Fsp3) is 0.385. The molecule has 1 aliphatic rings. The van der Waals surface area contributed by atoms with Crippen molar-refractivity contribution in [2.24, 2.45) is 11.7 Å². The second-order valence-corrected chi connectivity index (χ2v) is 5.42. The van der Waals surface area contributed by atoms with E-state index in [0.717, 1.165) is 23.7 Å². The Morgan fingerprint density at radius 1 is 1.50 bits per heavy atom. The second kappa shape index (κ2) is 5.51. The average Bonchev–Trinajstić information content (AvgIpc) is 2.78. The Balaban J connectivity index is 2.06. The first kappa shape index (κ1) is 13.1. The lowest BCUT2D eigenvalue weighted by molar-refractivity contribution is -0.119. The van der Waals surface area contributed by atoms with Gasteiger partial charge in [0.1, 0.15) is 0 Å². The van der Waals surface area contributed by atoms with Crippen LogP contribution in [0.5, 0.6) is 0 Å². The van der Waals surface area contributed by atoms with Gasteiger partial charge in [-0.3, -0.25) is 4.79 Å². The zero-order chi connectivity index (χ0) is 13.1. The Morgan fingerprint density at radius 3 is 2.83 bits per heavy atom. The summed E-state index contributed by atoms with van der Waals surface area (Å²) in [5.74, 6) is 0.0101. The quantitative estimate of drug-likeness (QED) is 0.880. The number of nitrogens with two attached hydrogens (primary N) is 1. The highest BCUT2D eigenvalue weighted by Gasteiger charge is 2.27. The average molecular weight is 308 g/mol. The van der Waals surface area contributed by atoms with Gasteiger partial charge in [0.2, 0.25) is 5.91 Å². The highest BCUT2D eigenvalue weighted by molar-refractivity contribution is 9.10. The molecule has 2 rings (SSSR count). The van der Waals surface area contributed by atoms with Gasteiger partial charge in [0.25, 0.3) is 0 Å². The van der Waals surface area contributed by atoms with E-state index in [1.165, 1.54) is 0 Å². The lowest BCUT2D eigenvalue weighted by Crippen LogP contribution is -2.23. The molecule has 0 spiro atoms.